The number of carbonyl (C=O) groups excluding carboxylic acids is 1. The van der Waals surface area contributed by atoms with Gasteiger partial charge in [-0.15, -0.1) is 0 Å². The smallest absolute Gasteiger partial charge is 0.473 e. The van der Waals surface area contributed by atoms with E-state index in [4.69, 9.17) is 19.5 Å². The Labute approximate surface area is 250 Å². The maximum atomic E-state index is 12.2. The SMILES string of the molecule is CCCCCCCCCCCCCCCCCCOc1ccccc1CC(COP(=O)(O)OC(C)(C)N)CC(C)=O. The zero-order chi connectivity index (χ0) is 30.4. The number of unbranched alkanes of at least 4 members (excludes halogenated alkanes) is 15. The lowest BCUT2D eigenvalue weighted by atomic mass is 9.95. The molecule has 0 spiro atoms. The van der Waals surface area contributed by atoms with Crippen molar-refractivity contribution in [2.75, 3.05) is 13.2 Å². The molecule has 0 aliphatic carbocycles. The molecule has 3 N–H and O–H groups in total. The third-order valence-electron chi connectivity index (χ3n) is 7.14. The molecule has 8 heteroatoms. The average molecular weight is 598 g/mol. The van der Waals surface area contributed by atoms with Crippen molar-refractivity contribution in [3.05, 3.63) is 29.8 Å². The first-order chi connectivity index (χ1) is 19.5. The Morgan fingerprint density at radius 1 is 0.878 bits per heavy atom. The number of ketones is 1. The highest BCUT2D eigenvalue weighted by molar-refractivity contribution is 7.47. The minimum Gasteiger partial charge on any atom is -0.493 e. The van der Waals surface area contributed by atoms with Gasteiger partial charge in [-0.3, -0.25) is 9.05 Å². The standard InChI is InChI=1S/C33H60NO6P/c1-5-6-7-8-9-10-11-12-13-14-15-16-17-18-19-22-25-38-32-24-21-20-23-31(32)27-30(26-29(2)35)28-39-41(36,37)40-33(3,4)34/h20-21,23-24,30H,5-19,22,25-28,34H2,1-4H3,(H,36,37). The molecule has 1 rings (SSSR count). The highest BCUT2D eigenvalue weighted by Crippen LogP contribution is 2.46. The van der Waals surface area contributed by atoms with Crippen LogP contribution >= 0.6 is 7.82 Å². The monoisotopic (exact) mass is 597 g/mol. The van der Waals surface area contributed by atoms with Gasteiger partial charge in [0.25, 0.3) is 0 Å². The molecule has 0 radical (unpaired) electrons. The summed E-state index contributed by atoms with van der Waals surface area (Å²) in [6, 6.07) is 7.76. The summed E-state index contributed by atoms with van der Waals surface area (Å²) in [6.07, 6.45) is 22.1. The van der Waals surface area contributed by atoms with Gasteiger partial charge in [0.05, 0.1) is 13.2 Å². The summed E-state index contributed by atoms with van der Waals surface area (Å²) in [5, 5.41) is 0. The summed E-state index contributed by atoms with van der Waals surface area (Å²) in [6.45, 7) is 7.27. The molecule has 0 aromatic heterocycles. The second-order valence-corrected chi connectivity index (χ2v) is 13.6. The van der Waals surface area contributed by atoms with E-state index >= 15 is 0 Å². The van der Waals surface area contributed by atoms with E-state index in [1.165, 1.54) is 111 Å². The van der Waals surface area contributed by atoms with E-state index in [9.17, 15) is 14.3 Å². The molecule has 0 bridgehead atoms. The fourth-order valence-electron chi connectivity index (χ4n) is 5.08. The summed E-state index contributed by atoms with van der Waals surface area (Å²) < 4.78 is 28.5. The summed E-state index contributed by atoms with van der Waals surface area (Å²) in [5.74, 6) is 0.476. The molecule has 2 atom stereocenters. The van der Waals surface area contributed by atoms with Crippen molar-refractivity contribution in [3.63, 3.8) is 0 Å². The molecular weight excluding hydrogens is 537 g/mol. The quantitative estimate of drug-likeness (QED) is 0.0591. The van der Waals surface area contributed by atoms with Crippen LogP contribution in [0.1, 0.15) is 142 Å². The van der Waals surface area contributed by atoms with Crippen molar-refractivity contribution >= 4 is 13.6 Å². The van der Waals surface area contributed by atoms with Gasteiger partial charge in [0.15, 0.2) is 0 Å². The van der Waals surface area contributed by atoms with Crippen molar-refractivity contribution < 1.29 is 28.0 Å². The Morgan fingerprint density at radius 2 is 1.37 bits per heavy atom. The lowest BCUT2D eigenvalue weighted by Gasteiger charge is -2.24. The van der Waals surface area contributed by atoms with E-state index in [2.05, 4.69) is 6.92 Å². The molecule has 0 fully saturated rings. The maximum Gasteiger partial charge on any atom is 0.473 e. The lowest BCUT2D eigenvalue weighted by Crippen LogP contribution is -2.34. The molecule has 1 aromatic rings. The number of para-hydroxylation sites is 1. The number of carbonyl (C=O) groups is 1. The number of rotatable bonds is 27. The van der Waals surface area contributed by atoms with Gasteiger partial charge in [-0.05, 0) is 51.2 Å². The van der Waals surface area contributed by atoms with Crippen LogP contribution in [0.5, 0.6) is 5.75 Å². The first-order valence-corrected chi connectivity index (χ1v) is 17.7. The van der Waals surface area contributed by atoms with Crippen LogP contribution in [0.3, 0.4) is 0 Å². The van der Waals surface area contributed by atoms with E-state index in [0.717, 1.165) is 24.2 Å². The molecule has 0 aliphatic rings. The molecule has 0 saturated carbocycles. The number of phosphoric ester groups is 1. The van der Waals surface area contributed by atoms with Gasteiger partial charge in [0.1, 0.15) is 17.3 Å². The molecule has 41 heavy (non-hydrogen) atoms. The van der Waals surface area contributed by atoms with E-state index in [1.807, 2.05) is 24.3 Å². The van der Waals surface area contributed by atoms with E-state index in [-0.39, 0.29) is 24.7 Å². The Kier molecular flexibility index (Phi) is 20.6. The molecule has 0 heterocycles. The number of Topliss-reactive ketones (excluding diaryl/α,β-unsaturated/α-hetero) is 1. The molecule has 0 aliphatic heterocycles. The van der Waals surface area contributed by atoms with Gasteiger partial charge in [-0.2, -0.15) is 0 Å². The predicted molar refractivity (Wildman–Crippen MR) is 169 cm³/mol. The maximum absolute atomic E-state index is 12.2. The normalized spacial score (nSPS) is 14.1. The number of hydrogen-bond acceptors (Lipinski definition) is 6. The van der Waals surface area contributed by atoms with E-state index in [1.54, 1.807) is 0 Å². The van der Waals surface area contributed by atoms with Crippen LogP contribution in [0.4, 0.5) is 0 Å². The fourth-order valence-corrected chi connectivity index (χ4v) is 6.12. The highest BCUT2D eigenvalue weighted by Gasteiger charge is 2.30. The molecule has 0 amide bonds. The van der Waals surface area contributed by atoms with Crippen molar-refractivity contribution in [3.8, 4) is 5.75 Å². The molecule has 0 saturated heterocycles. The van der Waals surface area contributed by atoms with E-state index < -0.39 is 13.5 Å². The number of nitrogens with two attached hydrogens (primary N) is 1. The Morgan fingerprint density at radius 3 is 1.85 bits per heavy atom. The van der Waals surface area contributed by atoms with Crippen LogP contribution in [0.2, 0.25) is 0 Å². The minimum atomic E-state index is -4.34. The van der Waals surface area contributed by atoms with Crippen molar-refractivity contribution in [2.24, 2.45) is 11.7 Å². The fraction of sp³-hybridized carbons (Fsp3) is 0.788. The summed E-state index contributed by atoms with van der Waals surface area (Å²) in [7, 11) is -4.34. The van der Waals surface area contributed by atoms with Gasteiger partial charge in [-0.25, -0.2) is 4.57 Å². The lowest BCUT2D eigenvalue weighted by molar-refractivity contribution is -0.118. The summed E-state index contributed by atoms with van der Waals surface area (Å²) >= 11 is 0. The first kappa shape index (κ1) is 37.8. The Hall–Kier alpha value is -1.24. The topological polar surface area (TPSA) is 108 Å². The van der Waals surface area contributed by atoms with E-state index in [0.29, 0.717) is 13.0 Å². The van der Waals surface area contributed by atoms with Crippen LogP contribution in [0.15, 0.2) is 24.3 Å². The van der Waals surface area contributed by atoms with Gasteiger partial charge in [-0.1, -0.05) is 121 Å². The molecule has 7 nitrogen and oxygen atoms in total. The van der Waals surface area contributed by atoms with Crippen LogP contribution in [0.25, 0.3) is 0 Å². The molecule has 1 aromatic carbocycles. The second kappa shape index (κ2) is 22.3. The molecule has 2 unspecified atom stereocenters. The number of ether oxygens (including phenoxy) is 1. The summed E-state index contributed by atoms with van der Waals surface area (Å²) in [4.78, 5) is 21.8. The van der Waals surface area contributed by atoms with Crippen LogP contribution < -0.4 is 10.5 Å². The van der Waals surface area contributed by atoms with Crippen LogP contribution in [-0.2, 0) is 24.8 Å². The number of phosphoric acid groups is 1. The summed E-state index contributed by atoms with van der Waals surface area (Å²) in [5.41, 5.74) is 5.32. The van der Waals surface area contributed by atoms with Crippen LogP contribution in [0, 0.1) is 5.92 Å². The van der Waals surface area contributed by atoms with Crippen LogP contribution in [-0.4, -0.2) is 29.6 Å². The third kappa shape index (κ3) is 22.0. The zero-order valence-corrected chi connectivity index (χ0v) is 27.4. The zero-order valence-electron chi connectivity index (χ0n) is 26.5. The molecule has 238 valence electrons. The predicted octanol–water partition coefficient (Wildman–Crippen LogP) is 9.29. The Bertz CT molecular complexity index is 856. The van der Waals surface area contributed by atoms with Crippen molar-refractivity contribution in [2.45, 2.75) is 149 Å². The van der Waals surface area contributed by atoms with Gasteiger partial charge in [0, 0.05) is 6.42 Å². The van der Waals surface area contributed by atoms with Crippen molar-refractivity contribution in [1.29, 1.82) is 0 Å². The van der Waals surface area contributed by atoms with Gasteiger partial charge in [0.2, 0.25) is 0 Å². The Balaban J connectivity index is 2.26. The highest BCUT2D eigenvalue weighted by atomic mass is 31.2. The second-order valence-electron chi connectivity index (χ2n) is 12.2. The largest absolute Gasteiger partial charge is 0.493 e. The minimum absolute atomic E-state index is 0.0157. The number of benzene rings is 1. The van der Waals surface area contributed by atoms with Crippen molar-refractivity contribution in [1.82, 2.24) is 0 Å². The average Bonchev–Trinajstić information content (AvgIpc) is 2.88. The number of hydrogen-bond donors (Lipinski definition) is 2. The third-order valence-corrected chi connectivity index (χ3v) is 8.31. The molecular formula is C33H60NO6P. The first-order valence-electron chi connectivity index (χ1n) is 16.2. The van der Waals surface area contributed by atoms with Gasteiger partial charge >= 0.3 is 7.82 Å². The van der Waals surface area contributed by atoms with Gasteiger partial charge < -0.3 is 20.2 Å².